The number of nitrogens with zero attached hydrogens (tertiary/aromatic N) is 3. The predicted octanol–water partition coefficient (Wildman–Crippen LogP) is 1.37. The van der Waals surface area contributed by atoms with Crippen LogP contribution in [0, 0.1) is 0 Å². The molecule has 2 rings (SSSR count). The lowest BCUT2D eigenvalue weighted by Crippen LogP contribution is -2.23. The number of nitrogens with one attached hydrogen (secondary N) is 1. The van der Waals surface area contributed by atoms with Crippen LogP contribution in [0.3, 0.4) is 0 Å². The Hall–Kier alpha value is -2.59. The molecule has 2 aromatic rings. The second-order valence-electron chi connectivity index (χ2n) is 4.87. The Morgan fingerprint density at radius 1 is 1.24 bits per heavy atom. The first-order chi connectivity index (χ1) is 12.0. The molecular formula is C15H19N7OS2. The normalized spacial score (nSPS) is 11.1. The first-order valence-electron chi connectivity index (χ1n) is 7.34. The van der Waals surface area contributed by atoms with Gasteiger partial charge < -0.3 is 17.2 Å². The number of benzene rings is 1. The van der Waals surface area contributed by atoms with Crippen molar-refractivity contribution in [3.8, 4) is 0 Å². The van der Waals surface area contributed by atoms with Crippen molar-refractivity contribution < 1.29 is 4.79 Å². The van der Waals surface area contributed by atoms with Gasteiger partial charge in [-0.3, -0.25) is 4.79 Å². The third-order valence-electron chi connectivity index (χ3n) is 2.85. The van der Waals surface area contributed by atoms with E-state index < -0.39 is 0 Å². The van der Waals surface area contributed by atoms with Gasteiger partial charge in [0, 0.05) is 28.9 Å². The Morgan fingerprint density at radius 3 is 2.72 bits per heavy atom. The number of thioether (sulfide) groups is 1. The van der Waals surface area contributed by atoms with Crippen LogP contribution < -0.4 is 22.6 Å². The van der Waals surface area contributed by atoms with E-state index in [4.69, 9.17) is 17.2 Å². The molecule has 0 aliphatic carbocycles. The maximum atomic E-state index is 11.8. The van der Waals surface area contributed by atoms with Gasteiger partial charge in [0.2, 0.25) is 5.13 Å². The molecule has 7 N–H and O–H groups in total. The van der Waals surface area contributed by atoms with Gasteiger partial charge >= 0.3 is 0 Å². The van der Waals surface area contributed by atoms with Crippen LogP contribution in [0.4, 0.5) is 5.13 Å². The molecule has 0 bridgehead atoms. The van der Waals surface area contributed by atoms with Crippen LogP contribution in [-0.4, -0.2) is 28.4 Å². The van der Waals surface area contributed by atoms with Gasteiger partial charge in [0.25, 0.3) is 5.91 Å². The molecule has 0 fully saturated rings. The SMILES string of the molecule is NC(N)=Nc1nc(CSCCC(N)=NNC(=O)c2ccccc2)cs1. The highest BCUT2D eigenvalue weighted by molar-refractivity contribution is 7.98. The molecule has 0 aliphatic rings. The number of hydrogen-bond donors (Lipinski definition) is 4. The van der Waals surface area contributed by atoms with Crippen LogP contribution in [0.1, 0.15) is 22.5 Å². The van der Waals surface area contributed by atoms with Gasteiger partial charge in [-0.1, -0.05) is 18.2 Å². The van der Waals surface area contributed by atoms with E-state index in [1.54, 1.807) is 36.0 Å². The Kier molecular flexibility index (Phi) is 7.23. The lowest BCUT2D eigenvalue weighted by molar-refractivity contribution is 0.0954. The van der Waals surface area contributed by atoms with E-state index >= 15 is 0 Å². The summed E-state index contributed by atoms with van der Waals surface area (Å²) in [7, 11) is 0. The molecule has 1 amide bonds. The number of thiazole rings is 1. The van der Waals surface area contributed by atoms with Crippen LogP contribution in [0.2, 0.25) is 0 Å². The number of nitrogens with two attached hydrogens (primary N) is 3. The van der Waals surface area contributed by atoms with Gasteiger partial charge in [-0.2, -0.15) is 21.9 Å². The summed E-state index contributed by atoms with van der Waals surface area (Å²) in [4.78, 5) is 20.0. The number of carbonyl (C=O) groups excluding carboxylic acids is 1. The summed E-state index contributed by atoms with van der Waals surface area (Å²) in [6.45, 7) is 0. The molecule has 0 spiro atoms. The minimum absolute atomic E-state index is 0.00455. The number of aliphatic imine (C=N–C) groups is 1. The number of amides is 1. The predicted molar refractivity (Wildman–Crippen MR) is 104 cm³/mol. The quantitative estimate of drug-likeness (QED) is 0.237. The number of amidine groups is 1. The van der Waals surface area contributed by atoms with Crippen molar-refractivity contribution in [1.82, 2.24) is 10.4 Å². The fourth-order valence-corrected chi connectivity index (χ4v) is 3.38. The molecule has 0 saturated carbocycles. The molecule has 1 heterocycles. The summed E-state index contributed by atoms with van der Waals surface area (Å²) >= 11 is 3.04. The van der Waals surface area contributed by atoms with Crippen LogP contribution in [0.5, 0.6) is 0 Å². The molecular weight excluding hydrogens is 358 g/mol. The average molecular weight is 377 g/mol. The van der Waals surface area contributed by atoms with Gasteiger partial charge in [0.1, 0.15) is 5.84 Å². The van der Waals surface area contributed by atoms with Crippen molar-refractivity contribution in [3.05, 3.63) is 47.0 Å². The standard InChI is InChI=1S/C15H19N7OS2/c16-12(21-22-13(23)10-4-2-1-3-5-10)6-7-24-8-11-9-25-15(19-11)20-14(17)18/h1-5,9H,6-8H2,(H2,16,21)(H,22,23)(H4,17,18,19,20). The zero-order valence-electron chi connectivity index (χ0n) is 13.4. The van der Waals surface area contributed by atoms with Crippen molar-refractivity contribution in [1.29, 1.82) is 0 Å². The third kappa shape index (κ3) is 6.81. The van der Waals surface area contributed by atoms with Crippen molar-refractivity contribution in [2.75, 3.05) is 5.75 Å². The first-order valence-corrected chi connectivity index (χ1v) is 9.37. The second kappa shape index (κ2) is 9.64. The van der Waals surface area contributed by atoms with Crippen LogP contribution in [0.25, 0.3) is 0 Å². The van der Waals surface area contributed by atoms with E-state index in [1.807, 2.05) is 11.4 Å². The second-order valence-corrected chi connectivity index (χ2v) is 6.81. The monoisotopic (exact) mass is 377 g/mol. The summed E-state index contributed by atoms with van der Waals surface area (Å²) < 4.78 is 0. The van der Waals surface area contributed by atoms with Crippen LogP contribution in [0.15, 0.2) is 45.8 Å². The van der Waals surface area contributed by atoms with Gasteiger partial charge in [-0.15, -0.1) is 11.3 Å². The molecule has 0 atom stereocenters. The fourth-order valence-electron chi connectivity index (χ4n) is 1.71. The fraction of sp³-hybridized carbons (Fsp3) is 0.200. The van der Waals surface area contributed by atoms with Gasteiger partial charge in [0.15, 0.2) is 5.96 Å². The van der Waals surface area contributed by atoms with E-state index in [2.05, 4.69) is 20.5 Å². The highest BCUT2D eigenvalue weighted by Gasteiger charge is 2.04. The minimum Gasteiger partial charge on any atom is -0.386 e. The highest BCUT2D eigenvalue weighted by Crippen LogP contribution is 2.21. The van der Waals surface area contributed by atoms with Crippen molar-refractivity contribution in [3.63, 3.8) is 0 Å². The maximum Gasteiger partial charge on any atom is 0.271 e. The van der Waals surface area contributed by atoms with E-state index in [0.717, 1.165) is 17.2 Å². The molecule has 0 radical (unpaired) electrons. The summed E-state index contributed by atoms with van der Waals surface area (Å²) in [6.07, 6.45) is 0.560. The molecule has 1 aromatic carbocycles. The number of hydrazone groups is 1. The van der Waals surface area contributed by atoms with E-state index in [1.165, 1.54) is 11.3 Å². The van der Waals surface area contributed by atoms with Crippen LogP contribution in [-0.2, 0) is 5.75 Å². The molecule has 0 saturated heterocycles. The molecule has 132 valence electrons. The summed E-state index contributed by atoms with van der Waals surface area (Å²) in [5.41, 5.74) is 20.3. The molecule has 25 heavy (non-hydrogen) atoms. The number of hydrogen-bond acceptors (Lipinski definition) is 6. The first kappa shape index (κ1) is 18.7. The number of aromatic nitrogens is 1. The molecule has 0 aliphatic heterocycles. The topological polar surface area (TPSA) is 145 Å². The van der Waals surface area contributed by atoms with Crippen molar-refractivity contribution in [2.24, 2.45) is 27.3 Å². The Bertz CT molecular complexity index is 754. The summed E-state index contributed by atoms with van der Waals surface area (Å²) in [5.74, 6) is 1.56. The lowest BCUT2D eigenvalue weighted by atomic mass is 10.2. The van der Waals surface area contributed by atoms with E-state index in [-0.39, 0.29) is 11.9 Å². The third-order valence-corrected chi connectivity index (χ3v) is 4.63. The van der Waals surface area contributed by atoms with Gasteiger partial charge in [0.05, 0.1) is 5.69 Å². The summed E-state index contributed by atoms with van der Waals surface area (Å²) in [5, 5.41) is 6.36. The van der Waals surface area contributed by atoms with Crippen molar-refractivity contribution in [2.45, 2.75) is 12.2 Å². The number of rotatable bonds is 8. The molecule has 1 aromatic heterocycles. The largest absolute Gasteiger partial charge is 0.386 e. The van der Waals surface area contributed by atoms with Gasteiger partial charge in [-0.05, 0) is 12.1 Å². The zero-order chi connectivity index (χ0) is 18.1. The van der Waals surface area contributed by atoms with E-state index in [9.17, 15) is 4.79 Å². The van der Waals surface area contributed by atoms with Crippen LogP contribution >= 0.6 is 23.1 Å². The Balaban J connectivity index is 1.69. The Labute approximate surface area is 153 Å². The lowest BCUT2D eigenvalue weighted by Gasteiger charge is -2.02. The number of guanidine groups is 1. The van der Waals surface area contributed by atoms with Crippen molar-refractivity contribution >= 4 is 45.9 Å². The molecule has 0 unspecified atom stereocenters. The zero-order valence-corrected chi connectivity index (χ0v) is 15.0. The highest BCUT2D eigenvalue weighted by atomic mass is 32.2. The minimum atomic E-state index is -0.286. The Morgan fingerprint density at radius 2 is 2.00 bits per heavy atom. The smallest absolute Gasteiger partial charge is 0.271 e. The summed E-state index contributed by atoms with van der Waals surface area (Å²) in [6, 6.07) is 8.84. The molecule has 8 nitrogen and oxygen atoms in total. The maximum absolute atomic E-state index is 11.8. The van der Waals surface area contributed by atoms with Gasteiger partial charge in [-0.25, -0.2) is 10.4 Å². The average Bonchev–Trinajstić information content (AvgIpc) is 3.04. The molecule has 10 heteroatoms. The van der Waals surface area contributed by atoms with E-state index in [0.29, 0.717) is 23.0 Å². The number of carbonyl (C=O) groups is 1.